The van der Waals surface area contributed by atoms with Crippen molar-refractivity contribution in [3.05, 3.63) is 11.6 Å². The molecule has 1 fully saturated rings. The maximum absolute atomic E-state index is 12.1. The number of urea groups is 1. The van der Waals surface area contributed by atoms with E-state index < -0.39 is 0 Å². The first-order valence-corrected chi connectivity index (χ1v) is 6.61. The van der Waals surface area contributed by atoms with Crippen molar-refractivity contribution in [3.63, 3.8) is 0 Å². The zero-order chi connectivity index (χ0) is 12.6. The van der Waals surface area contributed by atoms with Gasteiger partial charge in [-0.3, -0.25) is 0 Å². The van der Waals surface area contributed by atoms with E-state index in [1.165, 1.54) is 5.57 Å². The second-order valence-corrected chi connectivity index (χ2v) is 6.47. The van der Waals surface area contributed by atoms with E-state index in [0.29, 0.717) is 5.92 Å². The van der Waals surface area contributed by atoms with Crippen LogP contribution in [-0.4, -0.2) is 42.0 Å². The van der Waals surface area contributed by atoms with Crippen LogP contribution in [0.5, 0.6) is 0 Å². The number of nitrogens with zero attached hydrogens (tertiary/aromatic N) is 2. The van der Waals surface area contributed by atoms with Crippen molar-refractivity contribution < 1.29 is 4.79 Å². The van der Waals surface area contributed by atoms with Crippen LogP contribution >= 0.6 is 0 Å². The molecule has 0 radical (unpaired) electrons. The molecular weight excluding hydrogens is 212 g/mol. The van der Waals surface area contributed by atoms with E-state index in [1.807, 2.05) is 9.80 Å². The third kappa shape index (κ3) is 2.64. The van der Waals surface area contributed by atoms with Gasteiger partial charge in [-0.1, -0.05) is 39.3 Å². The van der Waals surface area contributed by atoms with Gasteiger partial charge in [0.1, 0.15) is 0 Å². The number of carbonyl (C=O) groups excluding carboxylic acids is 1. The molecule has 0 aromatic heterocycles. The minimum atomic E-state index is 0.229. The Hall–Kier alpha value is -0.990. The molecule has 0 saturated carbocycles. The molecule has 2 amide bonds. The SMILES string of the molecule is CC1CN(C(=O)N2CC=C(C(C)(C)C)CC2)C1. The van der Waals surface area contributed by atoms with Gasteiger partial charge in [0, 0.05) is 26.2 Å². The van der Waals surface area contributed by atoms with Crippen molar-refractivity contribution in [2.75, 3.05) is 26.2 Å². The first-order chi connectivity index (χ1) is 7.88. The van der Waals surface area contributed by atoms with Crippen LogP contribution in [0, 0.1) is 11.3 Å². The summed E-state index contributed by atoms with van der Waals surface area (Å²) < 4.78 is 0. The Labute approximate surface area is 104 Å². The van der Waals surface area contributed by atoms with Crippen LogP contribution in [0.1, 0.15) is 34.1 Å². The van der Waals surface area contributed by atoms with Crippen molar-refractivity contribution in [1.29, 1.82) is 0 Å². The van der Waals surface area contributed by atoms with Crippen molar-refractivity contribution in [2.24, 2.45) is 11.3 Å². The van der Waals surface area contributed by atoms with Crippen LogP contribution in [0.2, 0.25) is 0 Å². The molecule has 17 heavy (non-hydrogen) atoms. The van der Waals surface area contributed by atoms with Gasteiger partial charge in [-0.05, 0) is 17.8 Å². The van der Waals surface area contributed by atoms with Crippen LogP contribution < -0.4 is 0 Å². The Morgan fingerprint density at radius 1 is 1.29 bits per heavy atom. The molecule has 0 spiro atoms. The van der Waals surface area contributed by atoms with Crippen LogP contribution in [0.3, 0.4) is 0 Å². The molecule has 2 heterocycles. The van der Waals surface area contributed by atoms with Gasteiger partial charge in [0.25, 0.3) is 0 Å². The summed E-state index contributed by atoms with van der Waals surface area (Å²) >= 11 is 0. The average Bonchev–Trinajstić information content (AvgIpc) is 2.23. The van der Waals surface area contributed by atoms with Gasteiger partial charge in [-0.25, -0.2) is 4.79 Å². The zero-order valence-electron chi connectivity index (χ0n) is 11.5. The molecule has 0 unspecified atom stereocenters. The zero-order valence-corrected chi connectivity index (χ0v) is 11.5. The predicted octanol–water partition coefficient (Wildman–Crippen LogP) is 2.74. The van der Waals surface area contributed by atoms with Gasteiger partial charge in [-0.2, -0.15) is 0 Å². The molecule has 1 saturated heterocycles. The van der Waals surface area contributed by atoms with E-state index in [-0.39, 0.29) is 11.4 Å². The standard InChI is InChI=1S/C14H24N2O/c1-11-9-16(10-11)13(17)15-7-5-12(6-8-15)14(2,3)4/h5,11H,6-10H2,1-4H3. The number of hydrogen-bond donors (Lipinski definition) is 0. The first-order valence-electron chi connectivity index (χ1n) is 6.61. The fourth-order valence-corrected chi connectivity index (χ4v) is 2.58. The molecule has 0 atom stereocenters. The van der Waals surface area contributed by atoms with Gasteiger partial charge in [-0.15, -0.1) is 0 Å². The number of amides is 2. The lowest BCUT2D eigenvalue weighted by atomic mass is 9.83. The van der Waals surface area contributed by atoms with E-state index >= 15 is 0 Å². The lowest BCUT2D eigenvalue weighted by Gasteiger charge is -2.41. The number of carbonyl (C=O) groups is 1. The van der Waals surface area contributed by atoms with E-state index in [2.05, 4.69) is 33.8 Å². The van der Waals surface area contributed by atoms with Crippen molar-refractivity contribution >= 4 is 6.03 Å². The Kier molecular flexibility index (Phi) is 3.19. The largest absolute Gasteiger partial charge is 0.324 e. The lowest BCUT2D eigenvalue weighted by Crippen LogP contribution is -2.54. The molecule has 3 nitrogen and oxygen atoms in total. The first kappa shape index (κ1) is 12.5. The van der Waals surface area contributed by atoms with E-state index in [1.54, 1.807) is 0 Å². The summed E-state index contributed by atoms with van der Waals surface area (Å²) in [6.45, 7) is 12.5. The monoisotopic (exact) mass is 236 g/mol. The summed E-state index contributed by atoms with van der Waals surface area (Å²) in [4.78, 5) is 16.0. The average molecular weight is 236 g/mol. The fourth-order valence-electron chi connectivity index (χ4n) is 2.58. The molecule has 0 aliphatic carbocycles. The molecule has 96 valence electrons. The molecule has 2 rings (SSSR count). The summed E-state index contributed by atoms with van der Waals surface area (Å²) in [5, 5.41) is 0. The maximum Gasteiger partial charge on any atom is 0.320 e. The molecule has 0 N–H and O–H groups in total. The summed E-state index contributed by atoms with van der Waals surface area (Å²) in [6.07, 6.45) is 3.27. The number of hydrogen-bond acceptors (Lipinski definition) is 1. The Morgan fingerprint density at radius 3 is 2.35 bits per heavy atom. The molecule has 3 heteroatoms. The van der Waals surface area contributed by atoms with E-state index in [4.69, 9.17) is 0 Å². The second kappa shape index (κ2) is 4.35. The van der Waals surface area contributed by atoms with Crippen molar-refractivity contribution in [1.82, 2.24) is 9.80 Å². The molecule has 0 aromatic rings. The van der Waals surface area contributed by atoms with Gasteiger partial charge < -0.3 is 9.80 Å². The fraction of sp³-hybridized carbons (Fsp3) is 0.786. The quantitative estimate of drug-likeness (QED) is 0.593. The maximum atomic E-state index is 12.1. The molecule has 2 aliphatic rings. The molecule has 0 bridgehead atoms. The second-order valence-electron chi connectivity index (χ2n) is 6.47. The van der Waals surface area contributed by atoms with Crippen LogP contribution in [0.15, 0.2) is 11.6 Å². The minimum absolute atomic E-state index is 0.229. The third-order valence-corrected chi connectivity index (χ3v) is 3.78. The van der Waals surface area contributed by atoms with Crippen LogP contribution in [0.4, 0.5) is 4.79 Å². The van der Waals surface area contributed by atoms with E-state index in [0.717, 1.165) is 32.6 Å². The number of rotatable bonds is 0. The van der Waals surface area contributed by atoms with Gasteiger partial charge in [0.05, 0.1) is 0 Å². The van der Waals surface area contributed by atoms with Crippen molar-refractivity contribution in [3.8, 4) is 0 Å². The number of likely N-dealkylation sites (tertiary alicyclic amines) is 1. The molecular formula is C14H24N2O. The predicted molar refractivity (Wildman–Crippen MR) is 69.9 cm³/mol. The highest BCUT2D eigenvalue weighted by Crippen LogP contribution is 2.30. The van der Waals surface area contributed by atoms with E-state index in [9.17, 15) is 4.79 Å². The van der Waals surface area contributed by atoms with Gasteiger partial charge in [0.15, 0.2) is 0 Å². The minimum Gasteiger partial charge on any atom is -0.324 e. The highest BCUT2D eigenvalue weighted by Gasteiger charge is 2.31. The van der Waals surface area contributed by atoms with Crippen LogP contribution in [0.25, 0.3) is 0 Å². The summed E-state index contributed by atoms with van der Waals surface area (Å²) in [5.74, 6) is 0.685. The highest BCUT2D eigenvalue weighted by atomic mass is 16.2. The summed E-state index contributed by atoms with van der Waals surface area (Å²) in [7, 11) is 0. The normalized spacial score (nSPS) is 22.2. The summed E-state index contributed by atoms with van der Waals surface area (Å²) in [6, 6.07) is 0.229. The smallest absolute Gasteiger partial charge is 0.320 e. The topological polar surface area (TPSA) is 23.6 Å². The van der Waals surface area contributed by atoms with Gasteiger partial charge >= 0.3 is 6.03 Å². The summed E-state index contributed by atoms with van der Waals surface area (Å²) in [5.41, 5.74) is 1.74. The highest BCUT2D eigenvalue weighted by molar-refractivity contribution is 5.75. The third-order valence-electron chi connectivity index (χ3n) is 3.78. The van der Waals surface area contributed by atoms with Gasteiger partial charge in [0.2, 0.25) is 0 Å². The Bertz CT molecular complexity index is 335. The van der Waals surface area contributed by atoms with Crippen molar-refractivity contribution in [2.45, 2.75) is 34.1 Å². The van der Waals surface area contributed by atoms with Crippen LogP contribution in [-0.2, 0) is 0 Å². The molecule has 2 aliphatic heterocycles. The Morgan fingerprint density at radius 2 is 1.94 bits per heavy atom. The molecule has 0 aromatic carbocycles. The Balaban J connectivity index is 1.90. The lowest BCUT2D eigenvalue weighted by molar-refractivity contribution is 0.0985.